The minimum absolute atomic E-state index is 0.00891. The lowest BCUT2D eigenvalue weighted by Crippen LogP contribution is -2.49. The molecule has 2 aromatic rings. The van der Waals surface area contributed by atoms with Gasteiger partial charge in [-0.05, 0) is 57.5 Å². The van der Waals surface area contributed by atoms with Crippen molar-refractivity contribution in [2.45, 2.75) is 38.8 Å². The topological polar surface area (TPSA) is 74.3 Å². The van der Waals surface area contributed by atoms with Gasteiger partial charge >= 0.3 is 0 Å². The molecule has 1 fully saturated rings. The largest absolute Gasteiger partial charge is 0.348 e. The smallest absolute Gasteiger partial charge is 0.237 e. The second-order valence-corrected chi connectivity index (χ2v) is 7.91. The molecule has 2 amide bonds. The van der Waals surface area contributed by atoms with Crippen LogP contribution >= 0.6 is 11.6 Å². The summed E-state index contributed by atoms with van der Waals surface area (Å²) in [7, 11) is 0. The fourth-order valence-electron chi connectivity index (χ4n) is 3.55. The number of carbonyl (C=O) groups is 2. The first-order valence-corrected chi connectivity index (χ1v) is 10.3. The third-order valence-corrected chi connectivity index (χ3v) is 5.69. The number of pyridine rings is 1. The Kier molecular flexibility index (Phi) is 7.23. The van der Waals surface area contributed by atoms with Crippen molar-refractivity contribution in [1.29, 1.82) is 0 Å². The maximum absolute atomic E-state index is 12.7. The van der Waals surface area contributed by atoms with E-state index in [2.05, 4.69) is 20.5 Å². The first-order valence-electron chi connectivity index (χ1n) is 9.96. The van der Waals surface area contributed by atoms with Gasteiger partial charge in [0.15, 0.2) is 0 Å². The van der Waals surface area contributed by atoms with Gasteiger partial charge in [0, 0.05) is 12.1 Å². The van der Waals surface area contributed by atoms with Gasteiger partial charge in [-0.1, -0.05) is 41.9 Å². The Morgan fingerprint density at radius 2 is 1.79 bits per heavy atom. The number of piperidine rings is 1. The molecular weight excluding hydrogens is 388 g/mol. The molecule has 2 unspecified atom stereocenters. The summed E-state index contributed by atoms with van der Waals surface area (Å²) in [5, 5.41) is 6.46. The van der Waals surface area contributed by atoms with Crippen molar-refractivity contribution in [3.05, 3.63) is 59.2 Å². The molecule has 1 aromatic heterocycles. The molecule has 1 saturated heterocycles. The van der Waals surface area contributed by atoms with Crippen LogP contribution in [0.25, 0.3) is 0 Å². The normalized spacial score (nSPS) is 17.3. The molecular formula is C22H27ClN4O2. The summed E-state index contributed by atoms with van der Waals surface area (Å²) in [4.78, 5) is 31.4. The molecule has 0 saturated carbocycles. The maximum Gasteiger partial charge on any atom is 0.237 e. The minimum Gasteiger partial charge on any atom is -0.348 e. The fourth-order valence-corrected chi connectivity index (χ4v) is 3.66. The van der Waals surface area contributed by atoms with E-state index in [0.717, 1.165) is 5.56 Å². The van der Waals surface area contributed by atoms with Crippen LogP contribution in [0, 0.1) is 5.92 Å². The van der Waals surface area contributed by atoms with E-state index in [-0.39, 0.29) is 29.8 Å². The summed E-state index contributed by atoms with van der Waals surface area (Å²) in [6.45, 7) is 5.33. The third kappa shape index (κ3) is 5.78. The number of rotatable bonds is 6. The van der Waals surface area contributed by atoms with E-state index in [4.69, 9.17) is 11.6 Å². The van der Waals surface area contributed by atoms with E-state index in [0.29, 0.717) is 36.8 Å². The SMILES string of the molecule is CC(NC(=O)C(C)N1CCC(C(=O)Nc2ccc(Cl)cn2)CC1)c1ccccc1. The highest BCUT2D eigenvalue weighted by atomic mass is 35.5. The third-order valence-electron chi connectivity index (χ3n) is 5.46. The van der Waals surface area contributed by atoms with Crippen LogP contribution in [0.4, 0.5) is 5.82 Å². The Morgan fingerprint density at radius 3 is 2.41 bits per heavy atom. The van der Waals surface area contributed by atoms with Crippen molar-refractivity contribution in [1.82, 2.24) is 15.2 Å². The van der Waals surface area contributed by atoms with Crippen molar-refractivity contribution in [2.24, 2.45) is 5.92 Å². The van der Waals surface area contributed by atoms with Crippen molar-refractivity contribution < 1.29 is 9.59 Å². The Bertz CT molecular complexity index is 820. The van der Waals surface area contributed by atoms with Crippen LogP contribution in [0.5, 0.6) is 0 Å². The van der Waals surface area contributed by atoms with Crippen LogP contribution in [0.3, 0.4) is 0 Å². The lowest BCUT2D eigenvalue weighted by Gasteiger charge is -2.35. The van der Waals surface area contributed by atoms with Gasteiger partial charge in [0.25, 0.3) is 0 Å². The zero-order valence-corrected chi connectivity index (χ0v) is 17.5. The number of benzene rings is 1. The molecule has 154 valence electrons. The first-order chi connectivity index (χ1) is 13.9. The van der Waals surface area contributed by atoms with Gasteiger partial charge in [-0.3, -0.25) is 14.5 Å². The Morgan fingerprint density at radius 1 is 1.10 bits per heavy atom. The lowest BCUT2D eigenvalue weighted by atomic mass is 9.95. The van der Waals surface area contributed by atoms with Crippen LogP contribution < -0.4 is 10.6 Å². The summed E-state index contributed by atoms with van der Waals surface area (Å²) in [6.07, 6.45) is 2.94. The van der Waals surface area contributed by atoms with Gasteiger partial charge < -0.3 is 10.6 Å². The average molecular weight is 415 g/mol. The van der Waals surface area contributed by atoms with Gasteiger partial charge in [-0.2, -0.15) is 0 Å². The van der Waals surface area contributed by atoms with E-state index in [1.165, 1.54) is 6.20 Å². The molecule has 2 atom stereocenters. The van der Waals surface area contributed by atoms with E-state index >= 15 is 0 Å². The molecule has 1 aromatic carbocycles. The Hall–Kier alpha value is -2.44. The number of nitrogens with one attached hydrogen (secondary N) is 2. The lowest BCUT2D eigenvalue weighted by molar-refractivity contribution is -0.127. The van der Waals surface area contributed by atoms with Gasteiger partial charge in [-0.25, -0.2) is 4.98 Å². The molecule has 1 aliphatic heterocycles. The fraction of sp³-hybridized carbons (Fsp3) is 0.409. The van der Waals surface area contributed by atoms with E-state index < -0.39 is 0 Å². The van der Waals surface area contributed by atoms with Crippen LogP contribution in [0.1, 0.15) is 38.3 Å². The van der Waals surface area contributed by atoms with E-state index in [1.54, 1.807) is 12.1 Å². The van der Waals surface area contributed by atoms with Crippen molar-refractivity contribution in [3.8, 4) is 0 Å². The van der Waals surface area contributed by atoms with Gasteiger partial charge in [0.2, 0.25) is 11.8 Å². The van der Waals surface area contributed by atoms with Crippen LogP contribution in [0.15, 0.2) is 48.7 Å². The van der Waals surface area contributed by atoms with Crippen LogP contribution in [-0.2, 0) is 9.59 Å². The number of carbonyl (C=O) groups excluding carboxylic acids is 2. The number of likely N-dealkylation sites (tertiary alicyclic amines) is 1. The standard InChI is InChI=1S/C22H27ClN4O2/c1-15(17-6-4-3-5-7-17)25-21(28)16(2)27-12-10-18(11-13-27)22(29)26-20-9-8-19(23)14-24-20/h3-9,14-16,18H,10-13H2,1-2H3,(H,25,28)(H,24,26,29). The highest BCUT2D eigenvalue weighted by Crippen LogP contribution is 2.21. The zero-order valence-electron chi connectivity index (χ0n) is 16.8. The molecule has 0 spiro atoms. The summed E-state index contributed by atoms with van der Waals surface area (Å²) >= 11 is 5.82. The summed E-state index contributed by atoms with van der Waals surface area (Å²) in [5.74, 6) is 0.399. The summed E-state index contributed by atoms with van der Waals surface area (Å²) < 4.78 is 0. The van der Waals surface area contributed by atoms with E-state index in [9.17, 15) is 9.59 Å². The molecule has 3 rings (SSSR count). The number of hydrogen-bond donors (Lipinski definition) is 2. The highest BCUT2D eigenvalue weighted by Gasteiger charge is 2.30. The van der Waals surface area contributed by atoms with Crippen molar-refractivity contribution >= 4 is 29.2 Å². The number of anilines is 1. The molecule has 0 bridgehead atoms. The molecule has 0 radical (unpaired) electrons. The highest BCUT2D eigenvalue weighted by molar-refractivity contribution is 6.30. The predicted octanol–water partition coefficient (Wildman–Crippen LogP) is 3.65. The van der Waals surface area contributed by atoms with Crippen LogP contribution in [-0.4, -0.2) is 40.8 Å². The first kappa shape index (κ1) is 21.3. The zero-order chi connectivity index (χ0) is 20.8. The number of amides is 2. The monoisotopic (exact) mass is 414 g/mol. The van der Waals surface area contributed by atoms with Gasteiger partial charge in [0.1, 0.15) is 5.82 Å². The summed E-state index contributed by atoms with van der Waals surface area (Å²) in [6, 6.07) is 13.0. The molecule has 0 aliphatic carbocycles. The van der Waals surface area contributed by atoms with E-state index in [1.807, 2.05) is 44.2 Å². The van der Waals surface area contributed by atoms with Gasteiger partial charge in [0.05, 0.1) is 17.1 Å². The molecule has 1 aliphatic rings. The van der Waals surface area contributed by atoms with Crippen molar-refractivity contribution in [2.75, 3.05) is 18.4 Å². The number of halogens is 1. The predicted molar refractivity (Wildman–Crippen MR) is 115 cm³/mol. The number of aromatic nitrogens is 1. The number of hydrogen-bond acceptors (Lipinski definition) is 4. The number of nitrogens with zero attached hydrogens (tertiary/aromatic N) is 2. The second kappa shape index (κ2) is 9.85. The second-order valence-electron chi connectivity index (χ2n) is 7.48. The average Bonchev–Trinajstić information content (AvgIpc) is 2.75. The maximum atomic E-state index is 12.7. The van der Waals surface area contributed by atoms with Crippen molar-refractivity contribution in [3.63, 3.8) is 0 Å². The molecule has 6 nitrogen and oxygen atoms in total. The van der Waals surface area contributed by atoms with Gasteiger partial charge in [-0.15, -0.1) is 0 Å². The Labute approximate surface area is 176 Å². The molecule has 29 heavy (non-hydrogen) atoms. The van der Waals surface area contributed by atoms with Crippen LogP contribution in [0.2, 0.25) is 5.02 Å². The molecule has 2 heterocycles. The molecule has 2 N–H and O–H groups in total. The quantitative estimate of drug-likeness (QED) is 0.756. The Balaban J connectivity index is 1.47. The minimum atomic E-state index is -0.233. The molecule has 7 heteroatoms. The summed E-state index contributed by atoms with van der Waals surface area (Å²) in [5.41, 5.74) is 1.08.